The van der Waals surface area contributed by atoms with Gasteiger partial charge in [-0.05, 0) is 42.9 Å². The Kier molecular flexibility index (Phi) is 3.85. The van der Waals surface area contributed by atoms with Crippen molar-refractivity contribution < 1.29 is 4.79 Å². The molecule has 126 valence electrons. The summed E-state index contributed by atoms with van der Waals surface area (Å²) in [5, 5.41) is 9.18. The molecule has 1 saturated carbocycles. The van der Waals surface area contributed by atoms with Crippen molar-refractivity contribution in [1.29, 1.82) is 5.26 Å². The van der Waals surface area contributed by atoms with Gasteiger partial charge in [-0.3, -0.25) is 15.6 Å². The second-order valence-corrected chi connectivity index (χ2v) is 7.10. The summed E-state index contributed by atoms with van der Waals surface area (Å²) >= 11 is 5.88. The van der Waals surface area contributed by atoms with Crippen LogP contribution < -0.4 is 10.9 Å². The lowest BCUT2D eigenvalue weighted by molar-refractivity contribution is -0.122. The van der Waals surface area contributed by atoms with Gasteiger partial charge < -0.3 is 0 Å². The van der Waals surface area contributed by atoms with Crippen LogP contribution in [0.2, 0.25) is 5.15 Å². The average molecular weight is 353 g/mol. The zero-order valence-corrected chi connectivity index (χ0v) is 14.3. The van der Waals surface area contributed by atoms with Crippen molar-refractivity contribution in [2.45, 2.75) is 31.1 Å². The summed E-state index contributed by atoms with van der Waals surface area (Å²) in [5.41, 5.74) is 8.57. The van der Waals surface area contributed by atoms with E-state index in [9.17, 15) is 4.79 Å². The minimum absolute atomic E-state index is 0.0137. The van der Waals surface area contributed by atoms with E-state index in [1.807, 2.05) is 6.07 Å². The highest BCUT2D eigenvalue weighted by Gasteiger charge is 2.60. The number of aryl methyl sites for hydroxylation is 1. The molecule has 2 aliphatic rings. The van der Waals surface area contributed by atoms with E-state index in [1.54, 1.807) is 6.07 Å². The molecule has 2 aromatic rings. The van der Waals surface area contributed by atoms with Gasteiger partial charge in [-0.2, -0.15) is 5.26 Å². The molecule has 2 unspecified atom stereocenters. The third-order valence-corrected chi connectivity index (χ3v) is 5.45. The Morgan fingerprint density at radius 1 is 1.36 bits per heavy atom. The average Bonchev–Trinajstić information content (AvgIpc) is 3.34. The van der Waals surface area contributed by atoms with E-state index in [1.165, 1.54) is 17.2 Å². The maximum Gasteiger partial charge on any atom is 0.242 e. The quantitative estimate of drug-likeness (QED) is 0.656. The molecule has 0 bridgehead atoms. The third kappa shape index (κ3) is 2.83. The van der Waals surface area contributed by atoms with Crippen molar-refractivity contribution in [2.24, 2.45) is 5.92 Å². The lowest BCUT2D eigenvalue weighted by Crippen LogP contribution is -2.34. The molecule has 0 saturated heterocycles. The van der Waals surface area contributed by atoms with Crippen LogP contribution in [0.5, 0.6) is 0 Å². The first-order valence-electron chi connectivity index (χ1n) is 8.34. The fourth-order valence-electron chi connectivity index (χ4n) is 4.01. The number of nitriles is 1. The number of hydrogen-bond donors (Lipinski definition) is 2. The van der Waals surface area contributed by atoms with Crippen LogP contribution >= 0.6 is 11.6 Å². The van der Waals surface area contributed by atoms with E-state index in [0.717, 1.165) is 25.7 Å². The Morgan fingerprint density at radius 3 is 3.04 bits per heavy atom. The summed E-state index contributed by atoms with van der Waals surface area (Å²) in [4.78, 5) is 16.7. The number of carbonyl (C=O) groups is 1. The number of hydrazine groups is 1. The molecule has 0 radical (unpaired) electrons. The maximum absolute atomic E-state index is 12.6. The van der Waals surface area contributed by atoms with Gasteiger partial charge in [0, 0.05) is 11.5 Å². The van der Waals surface area contributed by atoms with Crippen molar-refractivity contribution >= 4 is 23.3 Å². The SMILES string of the molecule is N#Cc1cc(Cl)nc(NNC(=O)C2CC23CCCc2ccccc23)c1. The van der Waals surface area contributed by atoms with E-state index < -0.39 is 0 Å². The number of anilines is 1. The van der Waals surface area contributed by atoms with Crippen molar-refractivity contribution in [3.63, 3.8) is 0 Å². The van der Waals surface area contributed by atoms with Crippen LogP contribution in [0.25, 0.3) is 0 Å². The molecule has 1 fully saturated rings. The number of carbonyl (C=O) groups excluding carboxylic acids is 1. The third-order valence-electron chi connectivity index (χ3n) is 5.25. The highest BCUT2D eigenvalue weighted by Crippen LogP contribution is 2.60. The molecule has 0 aliphatic heterocycles. The molecule has 1 spiro atoms. The van der Waals surface area contributed by atoms with E-state index in [0.29, 0.717) is 11.4 Å². The topological polar surface area (TPSA) is 77.8 Å². The molecule has 5 nitrogen and oxygen atoms in total. The standard InChI is InChI=1S/C19H17ClN4O/c20-16-8-12(11-21)9-17(22-16)23-24-18(25)15-10-19(15)7-3-5-13-4-1-2-6-14(13)19/h1-2,4,6,8-9,15H,3,5,7,10H2,(H,22,23)(H,24,25). The van der Waals surface area contributed by atoms with Crippen molar-refractivity contribution in [2.75, 3.05) is 5.43 Å². The number of nitrogens with one attached hydrogen (secondary N) is 2. The lowest BCUT2D eigenvalue weighted by Gasteiger charge is -2.26. The minimum atomic E-state index is -0.0445. The largest absolute Gasteiger partial charge is 0.282 e. The molecular formula is C19H17ClN4O. The number of fused-ring (bicyclic) bond motifs is 2. The Labute approximate surface area is 151 Å². The molecule has 2 aliphatic carbocycles. The molecule has 4 rings (SSSR count). The highest BCUT2D eigenvalue weighted by atomic mass is 35.5. The van der Waals surface area contributed by atoms with Gasteiger partial charge in [-0.25, -0.2) is 4.98 Å². The van der Waals surface area contributed by atoms with E-state index in [4.69, 9.17) is 16.9 Å². The minimum Gasteiger partial charge on any atom is -0.282 e. The number of halogens is 1. The number of pyridine rings is 1. The molecule has 1 aromatic carbocycles. The highest BCUT2D eigenvalue weighted by molar-refractivity contribution is 6.29. The summed E-state index contributed by atoms with van der Waals surface area (Å²) in [6, 6.07) is 13.5. The normalized spacial score (nSPS) is 23.4. The smallest absolute Gasteiger partial charge is 0.242 e. The molecule has 1 aromatic heterocycles. The zero-order valence-electron chi connectivity index (χ0n) is 13.6. The van der Waals surface area contributed by atoms with Gasteiger partial charge in [0.2, 0.25) is 5.91 Å². The van der Waals surface area contributed by atoms with Crippen molar-refractivity contribution in [3.8, 4) is 6.07 Å². The van der Waals surface area contributed by atoms with Crippen molar-refractivity contribution in [1.82, 2.24) is 10.4 Å². The summed E-state index contributed by atoms with van der Waals surface area (Å²) in [7, 11) is 0. The van der Waals surface area contributed by atoms with Crippen LogP contribution in [0, 0.1) is 17.2 Å². The summed E-state index contributed by atoms with van der Waals surface area (Å²) < 4.78 is 0. The second-order valence-electron chi connectivity index (χ2n) is 6.71. The van der Waals surface area contributed by atoms with Gasteiger partial charge in [-0.15, -0.1) is 0 Å². The first-order valence-corrected chi connectivity index (χ1v) is 8.72. The van der Waals surface area contributed by atoms with Gasteiger partial charge in [0.25, 0.3) is 0 Å². The zero-order chi connectivity index (χ0) is 17.4. The van der Waals surface area contributed by atoms with Crippen LogP contribution in [0.1, 0.15) is 36.0 Å². The maximum atomic E-state index is 12.6. The first kappa shape index (κ1) is 15.9. The van der Waals surface area contributed by atoms with Crippen molar-refractivity contribution in [3.05, 3.63) is 58.2 Å². The number of hydrogen-bond acceptors (Lipinski definition) is 4. The van der Waals surface area contributed by atoms with E-state index in [2.05, 4.69) is 40.1 Å². The number of amides is 1. The van der Waals surface area contributed by atoms with Gasteiger partial charge in [0.15, 0.2) is 0 Å². The fourth-order valence-corrected chi connectivity index (χ4v) is 4.22. The molecule has 2 atom stereocenters. The molecule has 6 heteroatoms. The monoisotopic (exact) mass is 352 g/mol. The number of nitrogens with zero attached hydrogens (tertiary/aromatic N) is 2. The van der Waals surface area contributed by atoms with Gasteiger partial charge in [0.1, 0.15) is 11.0 Å². The Bertz CT molecular complexity index is 891. The van der Waals surface area contributed by atoms with Gasteiger partial charge >= 0.3 is 0 Å². The number of rotatable bonds is 3. The summed E-state index contributed by atoms with van der Waals surface area (Å²) in [6.45, 7) is 0. The Balaban J connectivity index is 1.46. The van der Waals surface area contributed by atoms with Crippen LogP contribution in [-0.2, 0) is 16.6 Å². The molecular weight excluding hydrogens is 336 g/mol. The molecule has 25 heavy (non-hydrogen) atoms. The molecule has 1 amide bonds. The number of aromatic nitrogens is 1. The van der Waals surface area contributed by atoms with Crippen LogP contribution in [0.15, 0.2) is 36.4 Å². The summed E-state index contributed by atoms with van der Waals surface area (Å²) in [6.07, 6.45) is 4.14. The Morgan fingerprint density at radius 2 is 2.20 bits per heavy atom. The first-order chi connectivity index (χ1) is 12.1. The van der Waals surface area contributed by atoms with E-state index >= 15 is 0 Å². The van der Waals surface area contributed by atoms with Crippen LogP contribution in [0.4, 0.5) is 5.82 Å². The predicted octanol–water partition coefficient (Wildman–Crippen LogP) is 3.34. The van der Waals surface area contributed by atoms with Gasteiger partial charge in [-0.1, -0.05) is 35.9 Å². The second kappa shape index (κ2) is 6.05. The van der Waals surface area contributed by atoms with E-state index in [-0.39, 0.29) is 22.4 Å². The fraction of sp³-hybridized carbons (Fsp3) is 0.316. The molecule has 2 N–H and O–H groups in total. The van der Waals surface area contributed by atoms with Gasteiger partial charge in [0.05, 0.1) is 17.6 Å². The Hall–Kier alpha value is -2.58. The number of benzene rings is 1. The predicted molar refractivity (Wildman–Crippen MR) is 94.9 cm³/mol. The van der Waals surface area contributed by atoms with Crippen LogP contribution in [-0.4, -0.2) is 10.9 Å². The lowest BCUT2D eigenvalue weighted by atomic mass is 9.78. The van der Waals surface area contributed by atoms with Crippen LogP contribution in [0.3, 0.4) is 0 Å². The molecule has 1 heterocycles. The summed E-state index contributed by atoms with van der Waals surface area (Å²) in [5.74, 6) is 0.282.